The maximum atomic E-state index is 11.5. The Morgan fingerprint density at radius 3 is 2.79 bits per heavy atom. The number of carbonyl (C=O) groups excluding carboxylic acids is 1. The second-order valence-electron chi connectivity index (χ2n) is 2.94. The number of rotatable bonds is 0. The molecule has 0 unspecified atom stereocenters. The minimum atomic E-state index is -1.25. The van der Waals surface area contributed by atoms with Crippen LogP contribution in [0.25, 0.3) is 0 Å². The number of fused-ring (bicyclic) bond motifs is 1. The molecule has 1 aromatic rings. The first kappa shape index (κ1) is 9.02. The summed E-state index contributed by atoms with van der Waals surface area (Å²) in [5.74, 6) is -0.505. The number of hydrogen-bond donors (Lipinski definition) is 1. The highest BCUT2D eigenvalue weighted by Gasteiger charge is 2.32. The van der Waals surface area contributed by atoms with Crippen LogP contribution in [0, 0.1) is 0 Å². The molecular formula is C9H6ClNO3. The lowest BCUT2D eigenvalue weighted by Gasteiger charge is -2.06. The highest BCUT2D eigenvalue weighted by atomic mass is 35.5. The van der Waals surface area contributed by atoms with Gasteiger partial charge >= 0.3 is 6.09 Å². The lowest BCUT2D eigenvalue weighted by molar-refractivity contribution is 0.0764. The fourth-order valence-corrected chi connectivity index (χ4v) is 1.68. The molecule has 2 amide bonds. The van der Waals surface area contributed by atoms with E-state index in [9.17, 15) is 9.59 Å². The van der Waals surface area contributed by atoms with E-state index in [2.05, 4.69) is 0 Å². The molecular weight excluding hydrogens is 206 g/mol. The van der Waals surface area contributed by atoms with Gasteiger partial charge in [0.1, 0.15) is 0 Å². The van der Waals surface area contributed by atoms with Gasteiger partial charge < -0.3 is 5.11 Å². The summed E-state index contributed by atoms with van der Waals surface area (Å²) in [4.78, 5) is 22.9. The third-order valence-electron chi connectivity index (χ3n) is 2.14. The third-order valence-corrected chi connectivity index (χ3v) is 2.50. The maximum absolute atomic E-state index is 11.5. The Kier molecular flexibility index (Phi) is 1.93. The zero-order chi connectivity index (χ0) is 10.3. The minimum absolute atomic E-state index is 0.0448. The molecule has 0 aromatic heterocycles. The average molecular weight is 212 g/mol. The fraction of sp³-hybridized carbons (Fsp3) is 0.111. The highest BCUT2D eigenvalue weighted by Crippen LogP contribution is 2.28. The van der Waals surface area contributed by atoms with Crippen molar-refractivity contribution >= 4 is 23.6 Å². The van der Waals surface area contributed by atoms with E-state index in [0.29, 0.717) is 16.1 Å². The van der Waals surface area contributed by atoms with Crippen molar-refractivity contribution in [3.8, 4) is 0 Å². The van der Waals surface area contributed by atoms with Crippen LogP contribution in [0.4, 0.5) is 4.79 Å². The van der Waals surface area contributed by atoms with Crippen molar-refractivity contribution in [1.29, 1.82) is 0 Å². The molecule has 0 spiro atoms. The summed E-state index contributed by atoms with van der Waals surface area (Å²) in [6.45, 7) is 0.0448. The highest BCUT2D eigenvalue weighted by molar-refractivity contribution is 6.32. The molecule has 2 rings (SSSR count). The lowest BCUT2D eigenvalue weighted by Crippen LogP contribution is -2.29. The molecule has 72 valence electrons. The van der Waals surface area contributed by atoms with Crippen molar-refractivity contribution in [1.82, 2.24) is 4.90 Å². The number of imide groups is 1. The molecule has 0 radical (unpaired) electrons. The van der Waals surface area contributed by atoms with Crippen LogP contribution in [0.2, 0.25) is 5.02 Å². The van der Waals surface area contributed by atoms with E-state index in [1.54, 1.807) is 18.2 Å². The van der Waals surface area contributed by atoms with Gasteiger partial charge in [-0.15, -0.1) is 0 Å². The Balaban J connectivity index is 2.50. The largest absolute Gasteiger partial charge is 0.465 e. The molecule has 14 heavy (non-hydrogen) atoms. The van der Waals surface area contributed by atoms with E-state index < -0.39 is 12.0 Å². The first-order chi connectivity index (χ1) is 6.61. The Labute approximate surface area is 84.7 Å². The second-order valence-corrected chi connectivity index (χ2v) is 3.35. The molecule has 0 saturated heterocycles. The number of hydrogen-bond acceptors (Lipinski definition) is 2. The average Bonchev–Trinajstić information content (AvgIpc) is 2.46. The Morgan fingerprint density at radius 2 is 2.21 bits per heavy atom. The van der Waals surface area contributed by atoms with Crippen LogP contribution in [0.1, 0.15) is 15.9 Å². The molecule has 1 N–H and O–H groups in total. The SMILES string of the molecule is O=C(O)N1Cc2c(Cl)cccc2C1=O. The van der Waals surface area contributed by atoms with Gasteiger partial charge in [0.15, 0.2) is 0 Å². The first-order valence-corrected chi connectivity index (χ1v) is 4.31. The van der Waals surface area contributed by atoms with Crippen molar-refractivity contribution in [3.63, 3.8) is 0 Å². The number of carbonyl (C=O) groups is 2. The predicted molar refractivity (Wildman–Crippen MR) is 49.4 cm³/mol. The number of carboxylic acid groups (broad SMARTS) is 1. The summed E-state index contributed by atoms with van der Waals surface area (Å²) in [5.41, 5.74) is 0.960. The van der Waals surface area contributed by atoms with Gasteiger partial charge in [-0.2, -0.15) is 0 Å². The van der Waals surface area contributed by atoms with Crippen molar-refractivity contribution < 1.29 is 14.7 Å². The van der Waals surface area contributed by atoms with Crippen LogP contribution >= 0.6 is 11.6 Å². The molecule has 0 aliphatic carbocycles. The van der Waals surface area contributed by atoms with Gasteiger partial charge in [-0.3, -0.25) is 4.79 Å². The number of nitrogens with zero attached hydrogens (tertiary/aromatic N) is 1. The molecule has 1 aliphatic rings. The minimum Gasteiger partial charge on any atom is -0.465 e. The maximum Gasteiger partial charge on any atom is 0.414 e. The smallest absolute Gasteiger partial charge is 0.414 e. The fourth-order valence-electron chi connectivity index (χ4n) is 1.45. The van der Waals surface area contributed by atoms with Gasteiger partial charge in [0.25, 0.3) is 5.91 Å². The summed E-state index contributed by atoms with van der Waals surface area (Å²) in [6, 6.07) is 4.84. The van der Waals surface area contributed by atoms with Crippen LogP contribution in [-0.4, -0.2) is 22.0 Å². The monoisotopic (exact) mass is 211 g/mol. The third kappa shape index (κ3) is 1.15. The van der Waals surface area contributed by atoms with Crippen molar-refractivity contribution in [2.24, 2.45) is 0 Å². The summed E-state index contributed by atoms with van der Waals surface area (Å²) in [5, 5.41) is 9.14. The molecule has 1 heterocycles. The van der Waals surface area contributed by atoms with Crippen molar-refractivity contribution in [2.45, 2.75) is 6.54 Å². The van der Waals surface area contributed by atoms with Gasteiger partial charge in [0, 0.05) is 16.1 Å². The summed E-state index contributed by atoms with van der Waals surface area (Å²) < 4.78 is 0. The van der Waals surface area contributed by atoms with Gasteiger partial charge in [0.2, 0.25) is 0 Å². The number of amides is 2. The van der Waals surface area contributed by atoms with Gasteiger partial charge in [-0.1, -0.05) is 17.7 Å². The van der Waals surface area contributed by atoms with Gasteiger partial charge in [-0.25, -0.2) is 9.69 Å². The molecule has 5 heteroatoms. The Morgan fingerprint density at radius 1 is 1.50 bits per heavy atom. The molecule has 0 atom stereocenters. The van der Waals surface area contributed by atoms with E-state index in [-0.39, 0.29) is 6.54 Å². The zero-order valence-corrected chi connectivity index (χ0v) is 7.78. The van der Waals surface area contributed by atoms with E-state index >= 15 is 0 Å². The Bertz CT molecular complexity index is 430. The number of benzene rings is 1. The molecule has 1 aliphatic heterocycles. The van der Waals surface area contributed by atoms with E-state index in [4.69, 9.17) is 16.7 Å². The van der Waals surface area contributed by atoms with Crippen molar-refractivity contribution in [2.75, 3.05) is 0 Å². The Hall–Kier alpha value is -1.55. The first-order valence-electron chi connectivity index (χ1n) is 3.93. The van der Waals surface area contributed by atoms with Crippen LogP contribution in [0.15, 0.2) is 18.2 Å². The molecule has 4 nitrogen and oxygen atoms in total. The standard InChI is InChI=1S/C9H6ClNO3/c10-7-3-1-2-5-6(7)4-11(8(5)12)9(13)14/h1-3H,4H2,(H,13,14). The van der Waals surface area contributed by atoms with E-state index in [1.807, 2.05) is 0 Å². The molecule has 0 saturated carbocycles. The quantitative estimate of drug-likeness (QED) is 0.714. The number of halogens is 1. The predicted octanol–water partition coefficient (Wildman–Crippen LogP) is 1.97. The second kappa shape index (κ2) is 2.99. The van der Waals surface area contributed by atoms with Crippen LogP contribution in [0.5, 0.6) is 0 Å². The van der Waals surface area contributed by atoms with Crippen LogP contribution in [-0.2, 0) is 6.54 Å². The molecule has 0 fully saturated rings. The summed E-state index contributed by atoms with van der Waals surface area (Å²) >= 11 is 5.83. The van der Waals surface area contributed by atoms with Crippen LogP contribution < -0.4 is 0 Å². The van der Waals surface area contributed by atoms with Gasteiger partial charge in [-0.05, 0) is 12.1 Å². The van der Waals surface area contributed by atoms with Crippen LogP contribution in [0.3, 0.4) is 0 Å². The summed E-state index contributed by atoms with van der Waals surface area (Å²) in [7, 11) is 0. The summed E-state index contributed by atoms with van der Waals surface area (Å²) in [6.07, 6.45) is -1.25. The normalized spacial score (nSPS) is 14.4. The zero-order valence-electron chi connectivity index (χ0n) is 7.03. The van der Waals surface area contributed by atoms with Gasteiger partial charge in [0.05, 0.1) is 6.54 Å². The lowest BCUT2D eigenvalue weighted by atomic mass is 10.1. The topological polar surface area (TPSA) is 57.6 Å². The van der Waals surface area contributed by atoms with E-state index in [0.717, 1.165) is 4.90 Å². The molecule has 0 bridgehead atoms. The van der Waals surface area contributed by atoms with E-state index in [1.165, 1.54) is 0 Å². The van der Waals surface area contributed by atoms with Crippen molar-refractivity contribution in [3.05, 3.63) is 34.3 Å². The molecule has 1 aromatic carbocycles.